The number of hydrogen-bond acceptors (Lipinski definition) is 6. The molecule has 2 heterocycles. The van der Waals surface area contributed by atoms with Crippen LogP contribution in [0.25, 0.3) is 0 Å². The van der Waals surface area contributed by atoms with Crippen LogP contribution in [0.1, 0.15) is 39.6 Å². The van der Waals surface area contributed by atoms with E-state index in [1.165, 1.54) is 0 Å². The second-order valence-corrected chi connectivity index (χ2v) is 6.41. The van der Waals surface area contributed by atoms with Gasteiger partial charge in [0.2, 0.25) is 5.13 Å². The lowest BCUT2D eigenvalue weighted by Crippen LogP contribution is -2.34. The Bertz CT molecular complexity index is 796. The van der Waals surface area contributed by atoms with Gasteiger partial charge in [0.15, 0.2) is 0 Å². The fraction of sp³-hybridized carbons (Fsp3) is 0.312. The molecule has 1 aromatic heterocycles. The normalized spacial score (nSPS) is 13.1. The predicted molar refractivity (Wildman–Crippen MR) is 92.5 cm³/mol. The third-order valence-electron chi connectivity index (χ3n) is 3.90. The van der Waals surface area contributed by atoms with Gasteiger partial charge in [-0.1, -0.05) is 23.5 Å². The first-order valence-electron chi connectivity index (χ1n) is 7.88. The first kappa shape index (κ1) is 17.0. The molecule has 0 saturated heterocycles. The molecule has 8 nitrogen and oxygen atoms in total. The molecule has 1 aromatic carbocycles. The van der Waals surface area contributed by atoms with Gasteiger partial charge in [-0.05, 0) is 26.0 Å². The van der Waals surface area contributed by atoms with E-state index in [1.807, 2.05) is 13.8 Å². The molecule has 130 valence electrons. The van der Waals surface area contributed by atoms with Crippen LogP contribution < -0.4 is 5.32 Å². The van der Waals surface area contributed by atoms with Gasteiger partial charge in [0.25, 0.3) is 11.8 Å². The van der Waals surface area contributed by atoms with Gasteiger partial charge in [-0.25, -0.2) is 4.79 Å². The maximum Gasteiger partial charge on any atom is 0.323 e. The SMILES string of the molecule is CCN(CC)C(=O)Nc1nnc(CN2C(=O)c3ccccc3C2=O)s1. The van der Waals surface area contributed by atoms with Gasteiger partial charge in [0.05, 0.1) is 17.7 Å². The number of rotatable bonds is 5. The maximum absolute atomic E-state index is 12.3. The van der Waals surface area contributed by atoms with Gasteiger partial charge in [-0.3, -0.25) is 19.8 Å². The molecule has 0 spiro atoms. The summed E-state index contributed by atoms with van der Waals surface area (Å²) in [7, 11) is 0. The van der Waals surface area contributed by atoms with Crippen LogP contribution in [0.15, 0.2) is 24.3 Å². The lowest BCUT2D eigenvalue weighted by atomic mass is 10.1. The Morgan fingerprint density at radius 1 is 1.12 bits per heavy atom. The average Bonchev–Trinajstić information content (AvgIpc) is 3.15. The highest BCUT2D eigenvalue weighted by Crippen LogP contribution is 2.26. The van der Waals surface area contributed by atoms with Crippen molar-refractivity contribution in [3.8, 4) is 0 Å². The van der Waals surface area contributed by atoms with E-state index < -0.39 is 0 Å². The third kappa shape index (κ3) is 3.22. The van der Waals surface area contributed by atoms with Crippen molar-refractivity contribution < 1.29 is 14.4 Å². The molecule has 0 bridgehead atoms. The number of nitrogens with zero attached hydrogens (tertiary/aromatic N) is 4. The van der Waals surface area contributed by atoms with Crippen LogP contribution in [0, 0.1) is 0 Å². The van der Waals surface area contributed by atoms with Crippen molar-refractivity contribution in [3.05, 3.63) is 40.4 Å². The number of anilines is 1. The molecule has 9 heteroatoms. The minimum Gasteiger partial charge on any atom is -0.325 e. The summed E-state index contributed by atoms with van der Waals surface area (Å²) >= 11 is 1.14. The van der Waals surface area contributed by atoms with E-state index >= 15 is 0 Å². The number of carbonyl (C=O) groups is 3. The number of benzene rings is 1. The maximum atomic E-state index is 12.3. The number of amides is 4. The zero-order chi connectivity index (χ0) is 18.0. The monoisotopic (exact) mass is 359 g/mol. The standard InChI is InChI=1S/C16H17N5O3S/c1-3-20(4-2)16(24)17-15-19-18-12(25-15)9-21-13(22)10-7-5-6-8-11(10)14(21)23/h5-8H,3-4,9H2,1-2H3,(H,17,19,24). The highest BCUT2D eigenvalue weighted by atomic mass is 32.1. The first-order chi connectivity index (χ1) is 12.0. The van der Waals surface area contributed by atoms with Crippen molar-refractivity contribution in [2.75, 3.05) is 18.4 Å². The molecule has 0 radical (unpaired) electrons. The number of hydrogen-bond donors (Lipinski definition) is 1. The Hall–Kier alpha value is -2.81. The Labute approximate surface area is 148 Å². The number of aromatic nitrogens is 2. The highest BCUT2D eigenvalue weighted by molar-refractivity contribution is 7.15. The zero-order valence-electron chi connectivity index (χ0n) is 13.9. The van der Waals surface area contributed by atoms with Crippen LogP contribution in [0.5, 0.6) is 0 Å². The van der Waals surface area contributed by atoms with Gasteiger partial charge in [0, 0.05) is 13.1 Å². The lowest BCUT2D eigenvalue weighted by Gasteiger charge is -2.17. The number of urea groups is 1. The molecule has 2 aromatic rings. The molecule has 0 aliphatic carbocycles. The number of imide groups is 1. The fourth-order valence-corrected chi connectivity index (χ4v) is 3.29. The third-order valence-corrected chi connectivity index (χ3v) is 4.73. The largest absolute Gasteiger partial charge is 0.325 e. The van der Waals surface area contributed by atoms with E-state index in [4.69, 9.17) is 0 Å². The molecule has 0 fully saturated rings. The molecule has 1 aliphatic heterocycles. The Morgan fingerprint density at radius 3 is 2.28 bits per heavy atom. The fourth-order valence-electron chi connectivity index (χ4n) is 2.57. The summed E-state index contributed by atoms with van der Waals surface area (Å²) < 4.78 is 0. The van der Waals surface area contributed by atoms with E-state index in [0.29, 0.717) is 34.4 Å². The van der Waals surface area contributed by atoms with Crippen molar-refractivity contribution in [3.63, 3.8) is 0 Å². The van der Waals surface area contributed by atoms with Crippen molar-refractivity contribution in [2.45, 2.75) is 20.4 Å². The van der Waals surface area contributed by atoms with Crippen molar-refractivity contribution in [2.24, 2.45) is 0 Å². The summed E-state index contributed by atoms with van der Waals surface area (Å²) in [4.78, 5) is 39.5. The van der Waals surface area contributed by atoms with Gasteiger partial charge in [-0.15, -0.1) is 10.2 Å². The smallest absolute Gasteiger partial charge is 0.323 e. The van der Waals surface area contributed by atoms with E-state index in [1.54, 1.807) is 29.2 Å². The van der Waals surface area contributed by atoms with Gasteiger partial charge >= 0.3 is 6.03 Å². The van der Waals surface area contributed by atoms with Crippen molar-refractivity contribution >= 4 is 34.3 Å². The van der Waals surface area contributed by atoms with Crippen LogP contribution in [0.3, 0.4) is 0 Å². The van der Waals surface area contributed by atoms with Crippen LogP contribution in [-0.4, -0.2) is 50.9 Å². The average molecular weight is 359 g/mol. The van der Waals surface area contributed by atoms with Crippen LogP contribution in [-0.2, 0) is 6.54 Å². The number of fused-ring (bicyclic) bond motifs is 1. The minimum atomic E-state index is -0.343. The van der Waals surface area contributed by atoms with Gasteiger partial charge in [0.1, 0.15) is 5.01 Å². The summed E-state index contributed by atoms with van der Waals surface area (Å²) in [5, 5.41) is 11.4. The number of carbonyl (C=O) groups excluding carboxylic acids is 3. The van der Waals surface area contributed by atoms with Gasteiger partial charge < -0.3 is 4.90 Å². The molecule has 4 amide bonds. The second kappa shape index (κ2) is 6.98. The summed E-state index contributed by atoms with van der Waals surface area (Å²) in [6, 6.07) is 6.45. The van der Waals surface area contributed by atoms with Crippen LogP contribution >= 0.6 is 11.3 Å². The first-order valence-corrected chi connectivity index (χ1v) is 8.70. The topological polar surface area (TPSA) is 95.5 Å². The highest BCUT2D eigenvalue weighted by Gasteiger charge is 2.35. The predicted octanol–water partition coefficient (Wildman–Crippen LogP) is 2.21. The van der Waals surface area contributed by atoms with Crippen LogP contribution in [0.4, 0.5) is 9.93 Å². The zero-order valence-corrected chi connectivity index (χ0v) is 14.7. The quantitative estimate of drug-likeness (QED) is 0.826. The summed E-state index contributed by atoms with van der Waals surface area (Å²) in [6.07, 6.45) is 0. The van der Waals surface area contributed by atoms with E-state index in [0.717, 1.165) is 16.2 Å². The summed E-state index contributed by atoms with van der Waals surface area (Å²) in [5.41, 5.74) is 0.791. The molecule has 1 N–H and O–H groups in total. The van der Waals surface area contributed by atoms with Crippen molar-refractivity contribution in [1.29, 1.82) is 0 Å². The summed E-state index contributed by atoms with van der Waals surface area (Å²) in [6.45, 7) is 4.98. The number of nitrogens with one attached hydrogen (secondary N) is 1. The summed E-state index contributed by atoms with van der Waals surface area (Å²) in [5.74, 6) is -0.686. The molecular weight excluding hydrogens is 342 g/mol. The molecular formula is C16H17N5O3S. The van der Waals surface area contributed by atoms with E-state index in [2.05, 4.69) is 15.5 Å². The molecule has 3 rings (SSSR count). The molecule has 0 saturated carbocycles. The van der Waals surface area contributed by atoms with E-state index in [9.17, 15) is 14.4 Å². The molecule has 0 unspecified atom stereocenters. The molecule has 0 atom stereocenters. The molecule has 1 aliphatic rings. The molecule has 25 heavy (non-hydrogen) atoms. The van der Waals surface area contributed by atoms with Crippen LogP contribution in [0.2, 0.25) is 0 Å². The Morgan fingerprint density at radius 2 is 1.72 bits per heavy atom. The van der Waals surface area contributed by atoms with E-state index in [-0.39, 0.29) is 24.4 Å². The lowest BCUT2D eigenvalue weighted by molar-refractivity contribution is 0.0642. The second-order valence-electron chi connectivity index (χ2n) is 5.35. The van der Waals surface area contributed by atoms with Crippen molar-refractivity contribution in [1.82, 2.24) is 20.0 Å². The Kier molecular flexibility index (Phi) is 4.75. The van der Waals surface area contributed by atoms with Gasteiger partial charge in [-0.2, -0.15) is 0 Å². The minimum absolute atomic E-state index is 0.0329. The Balaban J connectivity index is 1.70.